The molecule has 2 aromatic heterocycles. The summed E-state index contributed by atoms with van der Waals surface area (Å²) in [5.74, 6) is 1.58. The predicted octanol–water partition coefficient (Wildman–Crippen LogP) is 9.20. The number of anilines is 2. The SMILES string of the molecule is COc1c[c-]c(-c2nccc(N(C)C)c2C)c(-c2ccccc2)c1.COc1c[c-]c(-c2nccc(N(C)C)c2C)c(-c2ccccc2)c1.[Pt+2]. The van der Waals surface area contributed by atoms with Gasteiger partial charge < -0.3 is 29.2 Å². The molecule has 0 unspecified atom stereocenters. The maximum absolute atomic E-state index is 5.40. The van der Waals surface area contributed by atoms with Crippen LogP contribution >= 0.6 is 0 Å². The number of nitrogens with zero attached hydrogens (tertiary/aromatic N) is 4. The van der Waals surface area contributed by atoms with E-state index >= 15 is 0 Å². The minimum atomic E-state index is 0. The Bertz CT molecular complexity index is 1830. The van der Waals surface area contributed by atoms with Gasteiger partial charge in [0.1, 0.15) is 0 Å². The topological polar surface area (TPSA) is 50.7 Å². The molecule has 0 amide bonds. The molecule has 0 atom stereocenters. The van der Waals surface area contributed by atoms with Gasteiger partial charge in [0.25, 0.3) is 0 Å². The zero-order chi connectivity index (χ0) is 34.2. The fraction of sp³-hybridized carbons (Fsp3) is 0.190. The minimum Gasteiger partial charge on any atom is -0.540 e. The van der Waals surface area contributed by atoms with E-state index in [-0.39, 0.29) is 21.1 Å². The quantitative estimate of drug-likeness (QED) is 0.143. The summed E-state index contributed by atoms with van der Waals surface area (Å²) in [6, 6.07) is 39.2. The smallest absolute Gasteiger partial charge is 0.540 e. The van der Waals surface area contributed by atoms with Crippen LogP contribution in [0.1, 0.15) is 11.1 Å². The molecule has 0 saturated carbocycles. The maximum atomic E-state index is 5.40. The Morgan fingerprint density at radius 1 is 0.551 bits per heavy atom. The molecule has 0 N–H and O–H groups in total. The Hall–Kier alpha value is -4.93. The Labute approximate surface area is 305 Å². The summed E-state index contributed by atoms with van der Waals surface area (Å²) in [7, 11) is 11.5. The van der Waals surface area contributed by atoms with E-state index in [1.807, 2.05) is 113 Å². The van der Waals surface area contributed by atoms with Gasteiger partial charge in [0.2, 0.25) is 0 Å². The monoisotopic (exact) mass is 829 g/mol. The van der Waals surface area contributed by atoms with Crippen molar-refractivity contribution in [2.75, 3.05) is 52.2 Å². The van der Waals surface area contributed by atoms with Crippen molar-refractivity contribution in [3.05, 3.63) is 133 Å². The van der Waals surface area contributed by atoms with Gasteiger partial charge in [-0.1, -0.05) is 95.1 Å². The fourth-order valence-electron chi connectivity index (χ4n) is 5.80. The summed E-state index contributed by atoms with van der Waals surface area (Å²) in [5, 5.41) is 0. The second kappa shape index (κ2) is 16.9. The summed E-state index contributed by atoms with van der Waals surface area (Å²) in [6.07, 6.45) is 3.70. The fourth-order valence-corrected chi connectivity index (χ4v) is 5.80. The van der Waals surface area contributed by atoms with Crippen molar-refractivity contribution < 1.29 is 30.5 Å². The van der Waals surface area contributed by atoms with E-state index < -0.39 is 0 Å². The van der Waals surface area contributed by atoms with Crippen LogP contribution in [0.15, 0.2) is 109 Å². The second-order valence-corrected chi connectivity index (χ2v) is 11.8. The van der Waals surface area contributed by atoms with Crippen LogP contribution in [-0.4, -0.2) is 52.4 Å². The molecule has 6 nitrogen and oxygen atoms in total. The molecule has 0 radical (unpaired) electrons. The Balaban J connectivity index is 0.000000216. The summed E-state index contributed by atoms with van der Waals surface area (Å²) < 4.78 is 10.8. The Kier molecular flexibility index (Phi) is 12.8. The Morgan fingerprint density at radius 3 is 1.24 bits per heavy atom. The van der Waals surface area contributed by atoms with Gasteiger partial charge in [0.05, 0.1) is 14.2 Å². The minimum absolute atomic E-state index is 0. The van der Waals surface area contributed by atoms with Gasteiger partial charge in [-0.25, -0.2) is 0 Å². The number of hydrogen-bond acceptors (Lipinski definition) is 6. The second-order valence-electron chi connectivity index (χ2n) is 11.8. The number of pyridine rings is 2. The third kappa shape index (κ3) is 8.39. The largest absolute Gasteiger partial charge is 2.00 e. The molecule has 2 heterocycles. The van der Waals surface area contributed by atoms with Crippen LogP contribution < -0.4 is 19.3 Å². The van der Waals surface area contributed by atoms with E-state index in [1.54, 1.807) is 14.2 Å². The first kappa shape index (κ1) is 36.9. The average molecular weight is 830 g/mol. The van der Waals surface area contributed by atoms with E-state index in [0.29, 0.717) is 0 Å². The van der Waals surface area contributed by atoms with E-state index in [1.165, 1.54) is 0 Å². The average Bonchev–Trinajstić information content (AvgIpc) is 3.12. The first-order valence-electron chi connectivity index (χ1n) is 15.8. The van der Waals surface area contributed by atoms with Gasteiger partial charge in [-0.15, -0.1) is 35.4 Å². The number of ether oxygens (including phenoxy) is 2. The third-order valence-electron chi connectivity index (χ3n) is 8.26. The predicted molar refractivity (Wildman–Crippen MR) is 199 cm³/mol. The van der Waals surface area contributed by atoms with Crippen LogP contribution in [-0.2, 0) is 21.1 Å². The van der Waals surface area contributed by atoms with Crippen LogP contribution in [0.5, 0.6) is 11.5 Å². The number of rotatable bonds is 8. The van der Waals surface area contributed by atoms with Gasteiger partial charge in [-0.2, -0.15) is 0 Å². The van der Waals surface area contributed by atoms with Crippen LogP contribution in [0, 0.1) is 26.0 Å². The van der Waals surface area contributed by atoms with Gasteiger partial charge >= 0.3 is 21.1 Å². The molecule has 0 aliphatic rings. The molecule has 6 aromatic rings. The molecular weight excluding hydrogens is 788 g/mol. The van der Waals surface area contributed by atoms with Crippen molar-refractivity contribution in [1.82, 2.24) is 9.97 Å². The van der Waals surface area contributed by atoms with Gasteiger partial charge in [0.15, 0.2) is 0 Å². The molecule has 0 saturated heterocycles. The summed E-state index contributed by atoms with van der Waals surface area (Å²) in [6.45, 7) is 4.20. The van der Waals surface area contributed by atoms with Crippen molar-refractivity contribution >= 4 is 11.4 Å². The first-order chi connectivity index (χ1) is 23.2. The molecule has 4 aromatic carbocycles. The van der Waals surface area contributed by atoms with Gasteiger partial charge in [0, 0.05) is 63.5 Å². The number of methoxy groups -OCH3 is 2. The van der Waals surface area contributed by atoms with Gasteiger partial charge in [-0.05, 0) is 48.5 Å². The molecule has 6 rings (SSSR count). The normalized spacial score (nSPS) is 10.3. The molecule has 252 valence electrons. The number of hydrogen-bond donors (Lipinski definition) is 0. The zero-order valence-electron chi connectivity index (χ0n) is 29.3. The van der Waals surface area contributed by atoms with E-state index in [2.05, 4.69) is 70.0 Å². The molecule has 0 spiro atoms. The molecule has 0 aliphatic carbocycles. The van der Waals surface area contributed by atoms with Gasteiger partial charge in [-0.3, -0.25) is 0 Å². The molecular formula is C42H42N4O2Pt. The number of aromatic nitrogens is 2. The molecule has 0 aliphatic heterocycles. The first-order valence-corrected chi connectivity index (χ1v) is 15.8. The van der Waals surface area contributed by atoms with Crippen molar-refractivity contribution in [2.24, 2.45) is 0 Å². The Morgan fingerprint density at radius 2 is 0.918 bits per heavy atom. The maximum Gasteiger partial charge on any atom is 2.00 e. The molecule has 49 heavy (non-hydrogen) atoms. The van der Waals surface area contributed by atoms with Crippen molar-refractivity contribution in [1.29, 1.82) is 0 Å². The van der Waals surface area contributed by atoms with Crippen LogP contribution in [0.2, 0.25) is 0 Å². The summed E-state index contributed by atoms with van der Waals surface area (Å²) >= 11 is 0. The van der Waals surface area contributed by atoms with E-state index in [9.17, 15) is 0 Å². The van der Waals surface area contributed by atoms with E-state index in [4.69, 9.17) is 9.47 Å². The molecule has 0 fully saturated rings. The standard InChI is InChI=1S/2C21H21N2O.Pt/c2*1-15-20(23(2)3)12-13-22-21(15)18-11-10-17(24-4)14-19(18)16-8-6-5-7-9-16;/h2*5-10,12-14H,1-4H3;/q2*-1;+2. The van der Waals surface area contributed by atoms with Crippen molar-refractivity contribution in [3.8, 4) is 56.3 Å². The summed E-state index contributed by atoms with van der Waals surface area (Å²) in [5.41, 5.74) is 12.9. The van der Waals surface area contributed by atoms with Crippen LogP contribution in [0.4, 0.5) is 11.4 Å². The van der Waals surface area contributed by atoms with E-state index in [0.717, 1.165) is 78.8 Å². The summed E-state index contributed by atoms with van der Waals surface area (Å²) in [4.78, 5) is 13.5. The van der Waals surface area contributed by atoms with Crippen molar-refractivity contribution in [3.63, 3.8) is 0 Å². The number of benzene rings is 4. The molecule has 7 heteroatoms. The third-order valence-corrected chi connectivity index (χ3v) is 8.26. The van der Waals surface area contributed by atoms with Crippen LogP contribution in [0.3, 0.4) is 0 Å². The zero-order valence-corrected chi connectivity index (χ0v) is 31.6. The molecule has 0 bridgehead atoms. The van der Waals surface area contributed by atoms with Crippen LogP contribution in [0.25, 0.3) is 44.8 Å². The van der Waals surface area contributed by atoms with Crippen molar-refractivity contribution in [2.45, 2.75) is 13.8 Å².